The number of carboxylic acids is 1. The van der Waals surface area contributed by atoms with Crippen molar-refractivity contribution in [2.75, 3.05) is 13.2 Å². The van der Waals surface area contributed by atoms with E-state index in [2.05, 4.69) is 4.74 Å². The van der Waals surface area contributed by atoms with Gasteiger partial charge in [-0.3, -0.25) is 4.79 Å². The van der Waals surface area contributed by atoms with Crippen LogP contribution >= 0.6 is 0 Å². The van der Waals surface area contributed by atoms with Crippen molar-refractivity contribution in [3.63, 3.8) is 0 Å². The Labute approximate surface area is 118 Å². The smallest absolute Gasteiger partial charge is 0.303 e. The molecule has 1 aliphatic heterocycles. The summed E-state index contributed by atoms with van der Waals surface area (Å²) in [6.45, 7) is 3.60. The first-order valence-electron chi connectivity index (χ1n) is 2.57. The molecule has 0 bridgehead atoms. The van der Waals surface area contributed by atoms with E-state index in [1.54, 1.807) is 6.92 Å². The first kappa shape index (κ1) is 22.9. The van der Waals surface area contributed by atoms with E-state index in [4.69, 9.17) is 5.11 Å². The predicted molar refractivity (Wildman–Crippen MR) is 35.2 cm³/mol. The topological polar surface area (TPSA) is 49.8 Å². The zero-order chi connectivity index (χ0) is 6.41. The van der Waals surface area contributed by atoms with Crippen molar-refractivity contribution >= 4 is 5.97 Å². The van der Waals surface area contributed by atoms with Crippen LogP contribution in [0.15, 0.2) is 0 Å². The molecular formula is C6H13O3Y2-. The maximum absolute atomic E-state index is 9.37. The molecule has 62 valence electrons. The summed E-state index contributed by atoms with van der Waals surface area (Å²) < 4.78 is 4.50. The Hall–Kier alpha value is 1.64. The molecule has 0 saturated carbocycles. The second kappa shape index (κ2) is 17.7. The van der Waals surface area contributed by atoms with Gasteiger partial charge >= 0.3 is 5.97 Å². The normalized spacial score (nSPS) is 9.91. The van der Waals surface area contributed by atoms with Gasteiger partial charge in [-0.15, -0.1) is 0 Å². The second-order valence-corrected chi connectivity index (χ2v) is 1.36. The summed E-state index contributed by atoms with van der Waals surface area (Å²) in [5.74, 6) is -0.745. The largest absolute Gasteiger partial charge is 0.481 e. The van der Waals surface area contributed by atoms with Gasteiger partial charge in [-0.25, -0.2) is 0 Å². The molecule has 1 rings (SSSR count). The van der Waals surface area contributed by atoms with Crippen molar-refractivity contribution in [1.29, 1.82) is 0 Å². The van der Waals surface area contributed by atoms with E-state index in [-0.39, 0.29) is 79.3 Å². The Morgan fingerprint density at radius 2 is 1.64 bits per heavy atom. The summed E-state index contributed by atoms with van der Waals surface area (Å²) >= 11 is 0. The predicted octanol–water partition coefficient (Wildman–Crippen LogP) is 0.943. The van der Waals surface area contributed by atoms with E-state index in [0.717, 1.165) is 13.2 Å². The van der Waals surface area contributed by atoms with Crippen molar-refractivity contribution in [1.82, 2.24) is 0 Å². The molecule has 1 fully saturated rings. The third-order valence-electron chi connectivity index (χ3n) is 0.507. The molecule has 3 nitrogen and oxygen atoms in total. The van der Waals surface area contributed by atoms with Crippen LogP contribution in [0, 0.1) is 7.43 Å². The van der Waals surface area contributed by atoms with Gasteiger partial charge in [-0.1, -0.05) is 6.92 Å². The minimum atomic E-state index is -0.745. The number of carboxylic acid groups (broad SMARTS) is 1. The number of hydrogen-bond acceptors (Lipinski definition) is 2. The average molecular weight is 311 g/mol. The first-order chi connectivity index (χ1) is 3.77. The van der Waals surface area contributed by atoms with Crippen molar-refractivity contribution in [3.05, 3.63) is 7.43 Å². The van der Waals surface area contributed by atoms with E-state index < -0.39 is 5.97 Å². The summed E-state index contributed by atoms with van der Waals surface area (Å²) in [6.07, 6.45) is 0.222. The van der Waals surface area contributed by atoms with Gasteiger partial charge in [-0.2, -0.15) is 0 Å². The van der Waals surface area contributed by atoms with Crippen molar-refractivity contribution < 1.29 is 80.1 Å². The third-order valence-corrected chi connectivity index (χ3v) is 0.507. The van der Waals surface area contributed by atoms with Gasteiger partial charge in [0.1, 0.15) is 0 Å². The maximum Gasteiger partial charge on any atom is 0.303 e. The molecule has 0 aromatic carbocycles. The molecular weight excluding hydrogens is 298 g/mol. The number of epoxide rings is 1. The zero-order valence-electron chi connectivity index (χ0n) is 7.04. The standard InChI is InChI=1S/C3H6O2.C2H4O.CH3.2Y/c1-2-3(4)5;1-2-3-1;;;/h2H2,1H3,(H,4,5);1-2H2;1H3;;/q;;-1;;. The minimum absolute atomic E-state index is 0. The molecule has 1 saturated heterocycles. The van der Waals surface area contributed by atoms with E-state index in [1.165, 1.54) is 0 Å². The Morgan fingerprint density at radius 1 is 1.45 bits per heavy atom. The van der Waals surface area contributed by atoms with Gasteiger partial charge in [0, 0.05) is 71.8 Å². The van der Waals surface area contributed by atoms with Gasteiger partial charge in [0.15, 0.2) is 0 Å². The minimum Gasteiger partial charge on any atom is -0.481 e. The van der Waals surface area contributed by atoms with Gasteiger partial charge in [-0.05, 0) is 0 Å². The monoisotopic (exact) mass is 311 g/mol. The van der Waals surface area contributed by atoms with E-state index in [9.17, 15) is 4.79 Å². The van der Waals surface area contributed by atoms with Crippen LogP contribution in [0.25, 0.3) is 0 Å². The fourth-order valence-electron chi connectivity index (χ4n) is 0. The molecule has 1 heterocycles. The summed E-state index contributed by atoms with van der Waals surface area (Å²) in [7, 11) is 0. The number of ether oxygens (including phenoxy) is 1. The third kappa shape index (κ3) is 50.3. The fourth-order valence-corrected chi connectivity index (χ4v) is 0. The fraction of sp³-hybridized carbons (Fsp3) is 0.667. The summed E-state index contributed by atoms with van der Waals surface area (Å²) in [5.41, 5.74) is 0. The first-order valence-corrected chi connectivity index (χ1v) is 2.57. The molecule has 0 spiro atoms. The van der Waals surface area contributed by atoms with Crippen LogP contribution in [0.2, 0.25) is 0 Å². The Kier molecular flexibility index (Phi) is 36.8. The van der Waals surface area contributed by atoms with E-state index >= 15 is 0 Å². The van der Waals surface area contributed by atoms with Crippen molar-refractivity contribution in [2.45, 2.75) is 13.3 Å². The molecule has 0 aromatic rings. The van der Waals surface area contributed by atoms with Gasteiger partial charge in [0.2, 0.25) is 0 Å². The van der Waals surface area contributed by atoms with Gasteiger partial charge in [0.25, 0.3) is 0 Å². The zero-order valence-corrected chi connectivity index (χ0v) is 12.7. The van der Waals surface area contributed by atoms with Crippen molar-refractivity contribution in [3.8, 4) is 0 Å². The molecule has 0 aromatic heterocycles. The number of hydrogen-bond donors (Lipinski definition) is 1. The van der Waals surface area contributed by atoms with E-state index in [0.29, 0.717) is 0 Å². The number of rotatable bonds is 1. The average Bonchev–Trinajstić information content (AvgIpc) is 2.48. The van der Waals surface area contributed by atoms with Crippen LogP contribution in [-0.4, -0.2) is 24.3 Å². The molecule has 1 aliphatic rings. The Bertz CT molecular complexity index is 73.5. The second-order valence-electron chi connectivity index (χ2n) is 1.36. The van der Waals surface area contributed by atoms with Gasteiger partial charge in [0.05, 0.1) is 13.2 Å². The molecule has 0 unspecified atom stereocenters. The van der Waals surface area contributed by atoms with Crippen LogP contribution in [-0.2, 0) is 74.9 Å². The SMILES string of the molecule is C1CO1.CCC(=O)O.[CH3-].[Y].[Y]. The van der Waals surface area contributed by atoms with Crippen LogP contribution < -0.4 is 0 Å². The molecule has 0 aliphatic carbocycles. The molecule has 0 atom stereocenters. The van der Waals surface area contributed by atoms with E-state index in [1.807, 2.05) is 0 Å². The maximum atomic E-state index is 9.37. The summed E-state index contributed by atoms with van der Waals surface area (Å²) in [4.78, 5) is 9.37. The Morgan fingerprint density at radius 3 is 1.64 bits per heavy atom. The molecule has 11 heavy (non-hydrogen) atoms. The van der Waals surface area contributed by atoms with Crippen LogP contribution in [0.4, 0.5) is 0 Å². The van der Waals surface area contributed by atoms with Crippen LogP contribution in [0.1, 0.15) is 13.3 Å². The van der Waals surface area contributed by atoms with Gasteiger partial charge < -0.3 is 17.3 Å². The number of carbonyl (C=O) groups is 1. The number of aliphatic carboxylic acids is 1. The quantitative estimate of drug-likeness (QED) is 0.579. The molecule has 5 heteroatoms. The van der Waals surface area contributed by atoms with Crippen LogP contribution in [0.3, 0.4) is 0 Å². The van der Waals surface area contributed by atoms with Crippen LogP contribution in [0.5, 0.6) is 0 Å². The summed E-state index contributed by atoms with van der Waals surface area (Å²) in [6, 6.07) is 0. The molecule has 2 radical (unpaired) electrons. The Balaban J connectivity index is -0.0000000365. The molecule has 0 amide bonds. The summed E-state index contributed by atoms with van der Waals surface area (Å²) in [5, 5.41) is 7.72. The molecule has 1 N–H and O–H groups in total. The van der Waals surface area contributed by atoms with Crippen molar-refractivity contribution in [2.24, 2.45) is 0 Å².